The lowest BCUT2D eigenvalue weighted by Gasteiger charge is -2.29. The third-order valence-electron chi connectivity index (χ3n) is 5.38. The van der Waals surface area contributed by atoms with Gasteiger partial charge in [0.25, 0.3) is 0 Å². The van der Waals surface area contributed by atoms with E-state index in [1.165, 1.54) is 9.75 Å². The average molecular weight is 373 g/mol. The Hall–Kier alpha value is -0.130. The Bertz CT molecular complexity index is 501. The fourth-order valence-electron chi connectivity index (χ4n) is 4.06. The van der Waals surface area contributed by atoms with Crippen molar-refractivity contribution in [1.29, 1.82) is 0 Å². The van der Waals surface area contributed by atoms with Gasteiger partial charge in [-0.25, -0.2) is 0 Å². The number of aliphatic hydroxyl groups excluding tert-OH is 1. The minimum absolute atomic E-state index is 0.0367. The molecule has 1 aliphatic carbocycles. The maximum absolute atomic E-state index is 9.90. The van der Waals surface area contributed by atoms with Crippen molar-refractivity contribution in [3.8, 4) is 0 Å². The smallest absolute Gasteiger partial charge is 0.157 e. The first kappa shape index (κ1) is 18.7. The molecule has 1 saturated carbocycles. The van der Waals surface area contributed by atoms with E-state index in [2.05, 4.69) is 19.1 Å². The highest BCUT2D eigenvalue weighted by Gasteiger charge is 2.43. The summed E-state index contributed by atoms with van der Waals surface area (Å²) in [5.41, 5.74) is 0. The van der Waals surface area contributed by atoms with Crippen LogP contribution in [0.3, 0.4) is 0 Å². The molecule has 5 atom stereocenters. The number of alkyl halides is 1. The zero-order valence-electron chi connectivity index (χ0n) is 14.5. The maximum atomic E-state index is 9.90. The van der Waals surface area contributed by atoms with E-state index in [4.69, 9.17) is 21.1 Å². The standard InChI is InChI=1S/C19H29ClO3S/c1-13-8-9-14(24-13)5-4-6-15-16(12-21)18(11-17(15)20)23-19-7-2-3-10-22-19/h8-9,15-19,21H,2-7,10-12H2,1H3/t15-,16-,17-,18-,19?/m1/s1. The number of aryl methyl sites for hydroxylation is 2. The van der Waals surface area contributed by atoms with Crippen LogP contribution in [-0.4, -0.2) is 36.1 Å². The quantitative estimate of drug-likeness (QED) is 0.715. The van der Waals surface area contributed by atoms with Crippen molar-refractivity contribution < 1.29 is 14.6 Å². The zero-order valence-corrected chi connectivity index (χ0v) is 16.0. The first-order chi connectivity index (χ1) is 11.7. The van der Waals surface area contributed by atoms with Gasteiger partial charge in [-0.15, -0.1) is 22.9 Å². The van der Waals surface area contributed by atoms with Crippen molar-refractivity contribution in [1.82, 2.24) is 0 Å². The van der Waals surface area contributed by atoms with Crippen molar-refractivity contribution in [3.05, 3.63) is 21.9 Å². The van der Waals surface area contributed by atoms with E-state index in [1.807, 2.05) is 11.3 Å². The molecule has 2 aliphatic rings. The summed E-state index contributed by atoms with van der Waals surface area (Å²) in [6, 6.07) is 4.41. The molecule has 24 heavy (non-hydrogen) atoms. The highest BCUT2D eigenvalue weighted by atomic mass is 35.5. The fraction of sp³-hybridized carbons (Fsp3) is 0.789. The summed E-state index contributed by atoms with van der Waals surface area (Å²) in [5.74, 6) is 0.481. The van der Waals surface area contributed by atoms with E-state index < -0.39 is 0 Å². The van der Waals surface area contributed by atoms with Crippen LogP contribution in [0.15, 0.2) is 12.1 Å². The number of halogens is 1. The minimum atomic E-state index is -0.102. The van der Waals surface area contributed by atoms with Crippen LogP contribution in [0, 0.1) is 18.8 Å². The van der Waals surface area contributed by atoms with E-state index in [0.29, 0.717) is 5.92 Å². The largest absolute Gasteiger partial charge is 0.396 e. The number of ether oxygens (including phenoxy) is 2. The topological polar surface area (TPSA) is 38.7 Å². The fourth-order valence-corrected chi connectivity index (χ4v) is 5.49. The number of thiophene rings is 1. The Balaban J connectivity index is 1.50. The second-order valence-electron chi connectivity index (χ2n) is 7.14. The van der Waals surface area contributed by atoms with Gasteiger partial charge in [0.15, 0.2) is 6.29 Å². The predicted molar refractivity (Wildman–Crippen MR) is 98.8 cm³/mol. The molecule has 1 aromatic heterocycles. The summed E-state index contributed by atoms with van der Waals surface area (Å²) in [4.78, 5) is 2.82. The molecule has 0 bridgehead atoms. The summed E-state index contributed by atoms with van der Waals surface area (Å²) in [6.45, 7) is 3.09. The summed E-state index contributed by atoms with van der Waals surface area (Å²) in [6.07, 6.45) is 7.29. The van der Waals surface area contributed by atoms with Crippen LogP contribution in [0.2, 0.25) is 0 Å². The molecular weight excluding hydrogens is 344 g/mol. The van der Waals surface area contributed by atoms with Gasteiger partial charge in [-0.3, -0.25) is 0 Å². The summed E-state index contributed by atoms with van der Waals surface area (Å²) in [7, 11) is 0. The third kappa shape index (κ3) is 4.73. The highest BCUT2D eigenvalue weighted by Crippen LogP contribution is 2.41. The number of aliphatic hydroxyl groups is 1. The van der Waals surface area contributed by atoms with Crippen LogP contribution < -0.4 is 0 Å². The second-order valence-corrected chi connectivity index (χ2v) is 9.07. The number of hydrogen-bond acceptors (Lipinski definition) is 4. The van der Waals surface area contributed by atoms with Gasteiger partial charge < -0.3 is 14.6 Å². The van der Waals surface area contributed by atoms with Gasteiger partial charge in [0.1, 0.15) is 0 Å². The molecule has 3 nitrogen and oxygen atoms in total. The maximum Gasteiger partial charge on any atom is 0.157 e. The summed E-state index contributed by atoms with van der Waals surface area (Å²) in [5, 5.41) is 9.99. The van der Waals surface area contributed by atoms with Gasteiger partial charge >= 0.3 is 0 Å². The summed E-state index contributed by atoms with van der Waals surface area (Å²) >= 11 is 8.50. The van der Waals surface area contributed by atoms with Gasteiger partial charge in [0.2, 0.25) is 0 Å². The monoisotopic (exact) mass is 372 g/mol. The highest BCUT2D eigenvalue weighted by molar-refractivity contribution is 7.11. The van der Waals surface area contributed by atoms with Gasteiger partial charge in [-0.1, -0.05) is 0 Å². The number of rotatable bonds is 7. The van der Waals surface area contributed by atoms with Gasteiger partial charge in [-0.2, -0.15) is 0 Å². The molecule has 0 radical (unpaired) electrons. The molecular formula is C19H29ClO3S. The zero-order chi connectivity index (χ0) is 16.9. The Morgan fingerprint density at radius 2 is 2.21 bits per heavy atom. The molecule has 0 spiro atoms. The molecule has 1 unspecified atom stereocenters. The second kappa shape index (κ2) is 9.00. The van der Waals surface area contributed by atoms with Crippen LogP contribution in [0.5, 0.6) is 0 Å². The molecule has 1 aromatic rings. The van der Waals surface area contributed by atoms with Crippen LogP contribution >= 0.6 is 22.9 Å². The molecule has 3 rings (SSSR count). The first-order valence-corrected chi connectivity index (χ1v) is 10.5. The normalized spacial score (nSPS) is 33.9. The Labute approximate surface area is 154 Å². The van der Waals surface area contributed by atoms with Crippen molar-refractivity contribution in [3.63, 3.8) is 0 Å². The van der Waals surface area contributed by atoms with Gasteiger partial charge in [-0.05, 0) is 69.9 Å². The van der Waals surface area contributed by atoms with Crippen LogP contribution in [0.4, 0.5) is 0 Å². The molecule has 2 fully saturated rings. The van der Waals surface area contributed by atoms with Gasteiger partial charge in [0, 0.05) is 34.3 Å². The molecule has 1 aliphatic heterocycles. The molecule has 5 heteroatoms. The van der Waals surface area contributed by atoms with Crippen LogP contribution in [0.25, 0.3) is 0 Å². The van der Waals surface area contributed by atoms with Gasteiger partial charge in [0.05, 0.1) is 6.10 Å². The Morgan fingerprint density at radius 1 is 1.33 bits per heavy atom. The Morgan fingerprint density at radius 3 is 2.88 bits per heavy atom. The lowest BCUT2D eigenvalue weighted by molar-refractivity contribution is -0.197. The van der Waals surface area contributed by atoms with Crippen molar-refractivity contribution >= 4 is 22.9 Å². The van der Waals surface area contributed by atoms with Crippen molar-refractivity contribution in [2.24, 2.45) is 11.8 Å². The van der Waals surface area contributed by atoms with E-state index in [1.54, 1.807) is 0 Å². The van der Waals surface area contributed by atoms with E-state index in [0.717, 1.165) is 51.6 Å². The number of hydrogen-bond donors (Lipinski definition) is 1. The van der Waals surface area contributed by atoms with E-state index >= 15 is 0 Å². The lowest BCUT2D eigenvalue weighted by atomic mass is 9.90. The third-order valence-corrected chi connectivity index (χ3v) is 6.94. The lowest BCUT2D eigenvalue weighted by Crippen LogP contribution is -2.33. The van der Waals surface area contributed by atoms with Crippen LogP contribution in [-0.2, 0) is 15.9 Å². The van der Waals surface area contributed by atoms with E-state index in [9.17, 15) is 5.11 Å². The Kier molecular flexibility index (Phi) is 6.99. The summed E-state index contributed by atoms with van der Waals surface area (Å²) < 4.78 is 11.9. The molecule has 0 aromatic carbocycles. The molecule has 1 saturated heterocycles. The predicted octanol–water partition coefficient (Wildman–Crippen LogP) is 4.53. The molecule has 2 heterocycles. The molecule has 0 amide bonds. The van der Waals surface area contributed by atoms with Crippen molar-refractivity contribution in [2.45, 2.75) is 69.6 Å². The molecule has 1 N–H and O–H groups in total. The SMILES string of the molecule is Cc1ccc(CCC[C@@H]2[C@@H](CO)[C@H](OC3CCCCO3)C[C@H]2Cl)s1. The minimum Gasteiger partial charge on any atom is -0.396 e. The molecule has 136 valence electrons. The first-order valence-electron chi connectivity index (χ1n) is 9.24. The van der Waals surface area contributed by atoms with Crippen LogP contribution in [0.1, 0.15) is 48.3 Å². The average Bonchev–Trinajstić information content (AvgIpc) is 3.12. The van der Waals surface area contributed by atoms with E-state index in [-0.39, 0.29) is 30.3 Å². The van der Waals surface area contributed by atoms with Crippen molar-refractivity contribution in [2.75, 3.05) is 13.2 Å².